The van der Waals surface area contributed by atoms with Crippen molar-refractivity contribution in [1.82, 2.24) is 9.97 Å². The number of nitrogens with zero attached hydrogens (tertiary/aromatic N) is 2. The standard InChI is InChI=1S/C14H17BrN4S/c1-3-8-16-13-12(15)14(18-9-17-13)19-10-4-6-11(20-2)7-5-10/h4-7,9H,3,8H2,1-2H3,(H2,16,17,18,19). The number of rotatable bonds is 6. The van der Waals surface area contributed by atoms with Crippen LogP contribution in [-0.2, 0) is 0 Å². The molecule has 4 nitrogen and oxygen atoms in total. The molecular formula is C14H17BrN4S. The Kier molecular flexibility index (Phi) is 5.67. The van der Waals surface area contributed by atoms with Crippen molar-refractivity contribution >= 4 is 45.0 Å². The number of benzene rings is 1. The number of nitrogens with one attached hydrogen (secondary N) is 2. The largest absolute Gasteiger partial charge is 0.369 e. The van der Waals surface area contributed by atoms with E-state index in [1.807, 2.05) is 12.1 Å². The maximum Gasteiger partial charge on any atom is 0.150 e. The lowest BCUT2D eigenvalue weighted by molar-refractivity contribution is 0.962. The molecule has 2 aromatic rings. The fourth-order valence-corrected chi connectivity index (χ4v) is 2.49. The Bertz CT molecular complexity index is 560. The van der Waals surface area contributed by atoms with Crippen LogP contribution < -0.4 is 10.6 Å². The molecule has 0 bridgehead atoms. The van der Waals surface area contributed by atoms with Gasteiger partial charge in [0.1, 0.15) is 22.4 Å². The van der Waals surface area contributed by atoms with Crippen LogP contribution in [0.5, 0.6) is 0 Å². The van der Waals surface area contributed by atoms with E-state index in [0.29, 0.717) is 0 Å². The van der Waals surface area contributed by atoms with Gasteiger partial charge in [0.05, 0.1) is 0 Å². The Labute approximate surface area is 131 Å². The number of thioether (sulfide) groups is 1. The van der Waals surface area contributed by atoms with Gasteiger partial charge < -0.3 is 10.6 Å². The lowest BCUT2D eigenvalue weighted by atomic mass is 10.3. The molecule has 0 spiro atoms. The van der Waals surface area contributed by atoms with Gasteiger partial charge in [-0.15, -0.1) is 11.8 Å². The first-order chi connectivity index (χ1) is 9.74. The second-order valence-corrected chi connectivity index (χ2v) is 5.84. The molecule has 0 radical (unpaired) electrons. The molecule has 1 heterocycles. The van der Waals surface area contributed by atoms with Crippen molar-refractivity contribution in [3.05, 3.63) is 35.1 Å². The Morgan fingerprint density at radius 1 is 1.15 bits per heavy atom. The van der Waals surface area contributed by atoms with Gasteiger partial charge in [0, 0.05) is 17.1 Å². The van der Waals surface area contributed by atoms with Crippen LogP contribution in [0.4, 0.5) is 17.3 Å². The molecule has 1 aromatic heterocycles. The summed E-state index contributed by atoms with van der Waals surface area (Å²) in [6.45, 7) is 3.01. The molecule has 20 heavy (non-hydrogen) atoms. The Balaban J connectivity index is 2.15. The number of anilines is 3. The van der Waals surface area contributed by atoms with E-state index in [1.165, 1.54) is 4.90 Å². The number of hydrogen-bond donors (Lipinski definition) is 2. The van der Waals surface area contributed by atoms with Crippen molar-refractivity contribution < 1.29 is 0 Å². The third-order valence-electron chi connectivity index (χ3n) is 2.68. The summed E-state index contributed by atoms with van der Waals surface area (Å²) < 4.78 is 0.849. The molecule has 1 aromatic carbocycles. The van der Waals surface area contributed by atoms with E-state index >= 15 is 0 Å². The fourth-order valence-electron chi connectivity index (χ4n) is 1.63. The highest BCUT2D eigenvalue weighted by Crippen LogP contribution is 2.29. The van der Waals surface area contributed by atoms with Crippen LogP contribution in [0.2, 0.25) is 0 Å². The number of halogens is 1. The van der Waals surface area contributed by atoms with Crippen LogP contribution in [0.15, 0.2) is 40.0 Å². The normalized spacial score (nSPS) is 10.3. The SMILES string of the molecule is CCCNc1ncnc(Nc2ccc(SC)cc2)c1Br. The quantitative estimate of drug-likeness (QED) is 0.748. The zero-order chi connectivity index (χ0) is 14.4. The minimum atomic E-state index is 0.760. The average molecular weight is 353 g/mol. The monoisotopic (exact) mass is 352 g/mol. The summed E-state index contributed by atoms with van der Waals surface area (Å²) in [4.78, 5) is 9.74. The Hall–Kier alpha value is -1.27. The molecule has 0 unspecified atom stereocenters. The topological polar surface area (TPSA) is 49.8 Å². The minimum Gasteiger partial charge on any atom is -0.369 e. The number of aromatic nitrogens is 2. The zero-order valence-corrected chi connectivity index (χ0v) is 13.9. The van der Waals surface area contributed by atoms with Crippen molar-refractivity contribution in [2.45, 2.75) is 18.2 Å². The molecule has 106 valence electrons. The van der Waals surface area contributed by atoms with Crippen LogP contribution in [-0.4, -0.2) is 22.8 Å². The lowest BCUT2D eigenvalue weighted by Crippen LogP contribution is -2.05. The first kappa shape index (κ1) is 15.1. The highest BCUT2D eigenvalue weighted by Gasteiger charge is 2.08. The van der Waals surface area contributed by atoms with Gasteiger partial charge in [-0.05, 0) is 52.9 Å². The fraction of sp³-hybridized carbons (Fsp3) is 0.286. The lowest BCUT2D eigenvalue weighted by Gasteiger charge is -2.11. The Morgan fingerprint density at radius 3 is 2.50 bits per heavy atom. The molecule has 0 aliphatic heterocycles. The zero-order valence-electron chi connectivity index (χ0n) is 11.5. The number of hydrogen-bond acceptors (Lipinski definition) is 5. The molecule has 2 N–H and O–H groups in total. The van der Waals surface area contributed by atoms with E-state index < -0.39 is 0 Å². The van der Waals surface area contributed by atoms with Crippen molar-refractivity contribution in [3.63, 3.8) is 0 Å². The third-order valence-corrected chi connectivity index (χ3v) is 4.18. The summed E-state index contributed by atoms with van der Waals surface area (Å²) in [5.74, 6) is 1.57. The second kappa shape index (κ2) is 7.50. The molecule has 0 saturated heterocycles. The molecule has 0 aliphatic rings. The minimum absolute atomic E-state index is 0.760. The molecule has 2 rings (SSSR count). The van der Waals surface area contributed by atoms with Gasteiger partial charge in [0.15, 0.2) is 0 Å². The molecule has 0 saturated carbocycles. The van der Waals surface area contributed by atoms with Gasteiger partial charge in [-0.2, -0.15) is 0 Å². The van der Waals surface area contributed by atoms with Gasteiger partial charge in [-0.1, -0.05) is 6.92 Å². The first-order valence-electron chi connectivity index (χ1n) is 6.40. The molecule has 0 amide bonds. The van der Waals surface area contributed by atoms with Gasteiger partial charge >= 0.3 is 0 Å². The second-order valence-electron chi connectivity index (χ2n) is 4.17. The highest BCUT2D eigenvalue weighted by molar-refractivity contribution is 9.10. The van der Waals surface area contributed by atoms with Crippen LogP contribution in [0.1, 0.15) is 13.3 Å². The summed E-state index contributed by atoms with van der Waals surface area (Å²) in [6.07, 6.45) is 4.67. The third kappa shape index (κ3) is 3.86. The van der Waals surface area contributed by atoms with Gasteiger partial charge in [-0.3, -0.25) is 0 Å². The van der Waals surface area contributed by atoms with E-state index in [9.17, 15) is 0 Å². The van der Waals surface area contributed by atoms with Gasteiger partial charge in [-0.25, -0.2) is 9.97 Å². The summed E-state index contributed by atoms with van der Waals surface area (Å²) in [7, 11) is 0. The van der Waals surface area contributed by atoms with E-state index in [1.54, 1.807) is 18.1 Å². The molecule has 0 atom stereocenters. The predicted molar refractivity (Wildman–Crippen MR) is 90.0 cm³/mol. The highest BCUT2D eigenvalue weighted by atomic mass is 79.9. The van der Waals surface area contributed by atoms with Crippen LogP contribution in [0.25, 0.3) is 0 Å². The van der Waals surface area contributed by atoms with Gasteiger partial charge in [0.25, 0.3) is 0 Å². The van der Waals surface area contributed by atoms with E-state index in [-0.39, 0.29) is 0 Å². The summed E-state index contributed by atoms with van der Waals surface area (Å²) in [5, 5.41) is 6.56. The van der Waals surface area contributed by atoms with Crippen LogP contribution >= 0.6 is 27.7 Å². The van der Waals surface area contributed by atoms with E-state index in [4.69, 9.17) is 0 Å². The average Bonchev–Trinajstić information content (AvgIpc) is 2.49. The van der Waals surface area contributed by atoms with Crippen molar-refractivity contribution in [2.75, 3.05) is 23.4 Å². The predicted octanol–water partition coefficient (Wildman–Crippen LogP) is 4.53. The molecular weight excluding hydrogens is 336 g/mol. The first-order valence-corrected chi connectivity index (χ1v) is 8.41. The van der Waals surface area contributed by atoms with Crippen LogP contribution in [0.3, 0.4) is 0 Å². The molecule has 0 fully saturated rings. The molecule has 0 aliphatic carbocycles. The Morgan fingerprint density at radius 2 is 1.85 bits per heavy atom. The summed E-state index contributed by atoms with van der Waals surface area (Å²) in [6, 6.07) is 8.25. The van der Waals surface area contributed by atoms with Crippen molar-refractivity contribution in [1.29, 1.82) is 0 Å². The maximum atomic E-state index is 4.27. The summed E-state index contributed by atoms with van der Waals surface area (Å²) >= 11 is 5.27. The molecule has 6 heteroatoms. The summed E-state index contributed by atoms with van der Waals surface area (Å²) in [5.41, 5.74) is 1.00. The smallest absolute Gasteiger partial charge is 0.150 e. The van der Waals surface area contributed by atoms with E-state index in [2.05, 4.69) is 61.8 Å². The van der Waals surface area contributed by atoms with Gasteiger partial charge in [0.2, 0.25) is 0 Å². The van der Waals surface area contributed by atoms with Crippen molar-refractivity contribution in [3.8, 4) is 0 Å². The van der Waals surface area contributed by atoms with Crippen LogP contribution in [0, 0.1) is 0 Å². The van der Waals surface area contributed by atoms with E-state index in [0.717, 1.165) is 34.8 Å². The maximum absolute atomic E-state index is 4.27. The van der Waals surface area contributed by atoms with Crippen molar-refractivity contribution in [2.24, 2.45) is 0 Å².